The molecule has 0 aliphatic rings. The van der Waals surface area contributed by atoms with E-state index in [0.717, 1.165) is 16.8 Å². The molecule has 0 saturated carbocycles. The molecule has 0 aliphatic carbocycles. The van der Waals surface area contributed by atoms with E-state index in [1.807, 2.05) is 56.4 Å². The number of nitrogens with one attached hydrogen (secondary N) is 1. The number of nitriles is 1. The Labute approximate surface area is 183 Å². The average molecular weight is 434 g/mol. The van der Waals surface area contributed by atoms with E-state index in [1.165, 1.54) is 0 Å². The van der Waals surface area contributed by atoms with Gasteiger partial charge in [0.15, 0.2) is 11.5 Å². The fourth-order valence-electron chi connectivity index (χ4n) is 3.43. The summed E-state index contributed by atoms with van der Waals surface area (Å²) in [7, 11) is 0. The third kappa shape index (κ3) is 3.69. The van der Waals surface area contributed by atoms with E-state index >= 15 is 0 Å². The Morgan fingerprint density at radius 2 is 1.94 bits per heavy atom. The van der Waals surface area contributed by atoms with Crippen molar-refractivity contribution in [2.75, 3.05) is 16.8 Å². The standard InChI is InChI=1S/C21H20ClN9/c1-3-15(26-19-13(9-23)18(24)28-21(25)29-19)14-10-31-20(16(22)11(2)30-31)27-17(14)12-7-5-4-6-8-12/h4-8,10,15H,3H2,1-2H3,(H5,24,25,26,28,29)/t15-/m0/s1. The molecule has 1 atom stereocenters. The average Bonchev–Trinajstić information content (AvgIpc) is 3.04. The molecule has 0 bridgehead atoms. The number of rotatable bonds is 5. The zero-order valence-electron chi connectivity index (χ0n) is 17.0. The molecule has 3 heterocycles. The van der Waals surface area contributed by atoms with Crippen LogP contribution in [0.2, 0.25) is 5.02 Å². The number of fused-ring (bicyclic) bond motifs is 1. The topological polar surface area (TPSA) is 144 Å². The summed E-state index contributed by atoms with van der Waals surface area (Å²) in [5.74, 6) is 0.284. The second-order valence-electron chi connectivity index (χ2n) is 6.99. The highest BCUT2D eigenvalue weighted by molar-refractivity contribution is 6.34. The molecule has 0 fully saturated rings. The van der Waals surface area contributed by atoms with Crippen LogP contribution in [0.15, 0.2) is 36.5 Å². The van der Waals surface area contributed by atoms with Crippen molar-refractivity contribution in [1.82, 2.24) is 24.6 Å². The Morgan fingerprint density at radius 1 is 1.19 bits per heavy atom. The van der Waals surface area contributed by atoms with Gasteiger partial charge in [0.1, 0.15) is 22.5 Å². The van der Waals surface area contributed by atoms with Gasteiger partial charge in [-0.2, -0.15) is 20.3 Å². The lowest BCUT2D eigenvalue weighted by molar-refractivity contribution is 0.729. The quantitative estimate of drug-likeness (QED) is 0.431. The molecular weight excluding hydrogens is 414 g/mol. The van der Waals surface area contributed by atoms with Crippen molar-refractivity contribution in [2.45, 2.75) is 26.3 Å². The fourth-order valence-corrected chi connectivity index (χ4v) is 3.59. The van der Waals surface area contributed by atoms with Crippen LogP contribution in [0.1, 0.15) is 36.2 Å². The molecule has 31 heavy (non-hydrogen) atoms. The summed E-state index contributed by atoms with van der Waals surface area (Å²) in [4.78, 5) is 12.9. The summed E-state index contributed by atoms with van der Waals surface area (Å²) >= 11 is 6.43. The number of anilines is 3. The minimum Gasteiger partial charge on any atom is -0.382 e. The van der Waals surface area contributed by atoms with Gasteiger partial charge in [-0.15, -0.1) is 0 Å². The molecule has 0 radical (unpaired) electrons. The molecule has 1 aromatic carbocycles. The van der Waals surface area contributed by atoms with E-state index in [2.05, 4.69) is 20.4 Å². The van der Waals surface area contributed by atoms with Gasteiger partial charge in [-0.25, -0.2) is 9.50 Å². The van der Waals surface area contributed by atoms with Crippen molar-refractivity contribution < 1.29 is 0 Å². The molecule has 4 aromatic rings. The van der Waals surface area contributed by atoms with Crippen molar-refractivity contribution in [2.24, 2.45) is 0 Å². The van der Waals surface area contributed by atoms with Gasteiger partial charge in [0.2, 0.25) is 5.95 Å². The highest BCUT2D eigenvalue weighted by Crippen LogP contribution is 2.33. The molecular formula is C21H20ClN9. The number of hydrogen-bond acceptors (Lipinski definition) is 8. The smallest absolute Gasteiger partial charge is 0.224 e. The van der Waals surface area contributed by atoms with Crippen LogP contribution in [-0.4, -0.2) is 24.6 Å². The molecule has 9 nitrogen and oxygen atoms in total. The van der Waals surface area contributed by atoms with Crippen molar-refractivity contribution in [3.05, 3.63) is 58.4 Å². The van der Waals surface area contributed by atoms with Gasteiger partial charge in [0, 0.05) is 17.3 Å². The van der Waals surface area contributed by atoms with Crippen molar-refractivity contribution >= 4 is 34.8 Å². The van der Waals surface area contributed by atoms with Gasteiger partial charge in [-0.1, -0.05) is 48.9 Å². The molecule has 0 spiro atoms. The number of hydrogen-bond donors (Lipinski definition) is 3. The highest BCUT2D eigenvalue weighted by Gasteiger charge is 2.22. The number of nitrogens with two attached hydrogens (primary N) is 2. The van der Waals surface area contributed by atoms with Crippen molar-refractivity contribution in [3.63, 3.8) is 0 Å². The predicted octanol–water partition coefficient (Wildman–Crippen LogP) is 3.75. The van der Waals surface area contributed by atoms with E-state index in [9.17, 15) is 5.26 Å². The Hall–Kier alpha value is -3.90. The first-order chi connectivity index (χ1) is 14.9. The lowest BCUT2D eigenvalue weighted by atomic mass is 9.99. The van der Waals surface area contributed by atoms with Crippen LogP contribution in [0.25, 0.3) is 16.9 Å². The molecule has 3 aromatic heterocycles. The lowest BCUT2D eigenvalue weighted by Crippen LogP contribution is -2.17. The zero-order valence-corrected chi connectivity index (χ0v) is 17.7. The number of nitrogens with zero attached hydrogens (tertiary/aromatic N) is 6. The Kier molecular flexibility index (Phi) is 5.31. The Morgan fingerprint density at radius 3 is 2.61 bits per heavy atom. The van der Waals surface area contributed by atoms with E-state index in [1.54, 1.807) is 4.52 Å². The van der Waals surface area contributed by atoms with Crippen LogP contribution >= 0.6 is 11.6 Å². The summed E-state index contributed by atoms with van der Waals surface area (Å²) in [6.45, 7) is 3.85. The molecule has 4 rings (SSSR count). The van der Waals surface area contributed by atoms with Crippen molar-refractivity contribution in [3.8, 4) is 17.3 Å². The Balaban J connectivity index is 1.90. The molecule has 0 aliphatic heterocycles. The normalized spacial score (nSPS) is 11.9. The number of halogens is 1. The van der Waals surface area contributed by atoms with Crippen LogP contribution in [0, 0.1) is 18.3 Å². The summed E-state index contributed by atoms with van der Waals surface area (Å²) in [6, 6.07) is 11.6. The van der Waals surface area contributed by atoms with Gasteiger partial charge in [-0.3, -0.25) is 0 Å². The molecule has 0 saturated heterocycles. The van der Waals surface area contributed by atoms with Gasteiger partial charge < -0.3 is 16.8 Å². The number of aromatic nitrogens is 5. The lowest BCUT2D eigenvalue weighted by Gasteiger charge is -2.22. The van der Waals surface area contributed by atoms with E-state index in [-0.39, 0.29) is 29.2 Å². The molecule has 0 amide bonds. The first kappa shape index (κ1) is 20.4. The maximum absolute atomic E-state index is 9.52. The highest BCUT2D eigenvalue weighted by atomic mass is 35.5. The van der Waals surface area contributed by atoms with Crippen molar-refractivity contribution in [1.29, 1.82) is 5.26 Å². The minimum atomic E-state index is -0.267. The van der Waals surface area contributed by atoms with Crippen LogP contribution in [0.5, 0.6) is 0 Å². The minimum absolute atomic E-state index is 0.0137. The number of aryl methyl sites for hydroxylation is 1. The summed E-state index contributed by atoms with van der Waals surface area (Å²) in [6.07, 6.45) is 2.56. The maximum atomic E-state index is 9.52. The fraction of sp³-hybridized carbons (Fsp3) is 0.190. The third-order valence-electron chi connectivity index (χ3n) is 4.95. The first-order valence-corrected chi connectivity index (χ1v) is 10.0. The van der Waals surface area contributed by atoms with Crippen LogP contribution in [-0.2, 0) is 0 Å². The third-order valence-corrected chi connectivity index (χ3v) is 5.39. The monoisotopic (exact) mass is 433 g/mol. The SMILES string of the molecule is CC[C@H](Nc1nc(N)nc(N)c1C#N)c1cn2nc(C)c(Cl)c2nc1-c1ccccc1. The van der Waals surface area contributed by atoms with Gasteiger partial charge in [0.05, 0.1) is 17.4 Å². The molecule has 0 unspecified atom stereocenters. The number of benzene rings is 1. The summed E-state index contributed by atoms with van der Waals surface area (Å²) in [5.41, 5.74) is 15.6. The largest absolute Gasteiger partial charge is 0.382 e. The summed E-state index contributed by atoms with van der Waals surface area (Å²) < 4.78 is 1.66. The van der Waals surface area contributed by atoms with Crippen LogP contribution < -0.4 is 16.8 Å². The van der Waals surface area contributed by atoms with Crippen LogP contribution in [0.3, 0.4) is 0 Å². The van der Waals surface area contributed by atoms with E-state index < -0.39 is 0 Å². The second kappa shape index (κ2) is 8.08. The Bertz CT molecular complexity index is 1310. The molecule has 5 N–H and O–H groups in total. The van der Waals surface area contributed by atoms with E-state index in [0.29, 0.717) is 22.8 Å². The predicted molar refractivity (Wildman–Crippen MR) is 120 cm³/mol. The van der Waals surface area contributed by atoms with E-state index in [4.69, 9.17) is 28.1 Å². The summed E-state index contributed by atoms with van der Waals surface area (Å²) in [5, 5.41) is 17.8. The van der Waals surface area contributed by atoms with Gasteiger partial charge in [0.25, 0.3) is 0 Å². The zero-order chi connectivity index (χ0) is 22.1. The second-order valence-corrected chi connectivity index (χ2v) is 7.36. The molecule has 156 valence electrons. The maximum Gasteiger partial charge on any atom is 0.224 e. The molecule has 10 heteroatoms. The van der Waals surface area contributed by atoms with Crippen LogP contribution in [0.4, 0.5) is 17.6 Å². The first-order valence-electron chi connectivity index (χ1n) is 9.63. The van der Waals surface area contributed by atoms with Gasteiger partial charge in [-0.05, 0) is 13.3 Å². The van der Waals surface area contributed by atoms with Gasteiger partial charge >= 0.3 is 0 Å². The number of nitrogen functional groups attached to an aromatic ring is 2.